The fourth-order valence-electron chi connectivity index (χ4n) is 3.32. The summed E-state index contributed by atoms with van der Waals surface area (Å²) in [6, 6.07) is 6.25. The van der Waals surface area contributed by atoms with Crippen molar-refractivity contribution in [3.8, 4) is 5.75 Å². The molecule has 0 bridgehead atoms. The molecule has 1 aromatic rings. The van der Waals surface area contributed by atoms with Crippen LogP contribution in [0.25, 0.3) is 0 Å². The lowest BCUT2D eigenvalue weighted by atomic mass is 9.78. The topological polar surface area (TPSA) is 62.4 Å². The standard InChI is InChI=1S/C19H29N3O2S/c1-12-7-6-10-16(15(12)4)20-19(25)22-21-17(23)11-24-18-13(2)8-5-9-14(18)3/h5,8-9,12,15-16H,6-7,10-11H2,1-4H3,(H,21,23)(H2,20,22,25)/t12-,15-,16-/m0/s1. The Hall–Kier alpha value is -1.82. The average Bonchev–Trinajstić information content (AvgIpc) is 2.57. The molecule has 3 atom stereocenters. The van der Waals surface area contributed by atoms with Gasteiger partial charge in [-0.2, -0.15) is 0 Å². The van der Waals surface area contributed by atoms with Gasteiger partial charge in [-0.1, -0.05) is 44.9 Å². The molecule has 1 fully saturated rings. The van der Waals surface area contributed by atoms with Crippen molar-refractivity contribution in [1.29, 1.82) is 0 Å². The molecule has 25 heavy (non-hydrogen) atoms. The number of carbonyl (C=O) groups excluding carboxylic acids is 1. The first-order chi connectivity index (χ1) is 11.9. The Morgan fingerprint density at radius 1 is 1.20 bits per heavy atom. The Bertz CT molecular complexity index is 600. The first kappa shape index (κ1) is 19.5. The highest BCUT2D eigenvalue weighted by molar-refractivity contribution is 7.80. The quantitative estimate of drug-likeness (QED) is 0.567. The normalized spacial score (nSPS) is 22.8. The first-order valence-electron chi connectivity index (χ1n) is 8.93. The van der Waals surface area contributed by atoms with Gasteiger partial charge < -0.3 is 10.1 Å². The third-order valence-electron chi connectivity index (χ3n) is 5.10. The molecule has 1 amide bonds. The summed E-state index contributed by atoms with van der Waals surface area (Å²) in [7, 11) is 0. The number of rotatable bonds is 4. The summed E-state index contributed by atoms with van der Waals surface area (Å²) in [4.78, 5) is 12.0. The maximum Gasteiger partial charge on any atom is 0.276 e. The monoisotopic (exact) mass is 363 g/mol. The largest absolute Gasteiger partial charge is 0.483 e. The fraction of sp³-hybridized carbons (Fsp3) is 0.579. The highest BCUT2D eigenvalue weighted by atomic mass is 32.1. The van der Waals surface area contributed by atoms with Crippen molar-refractivity contribution >= 4 is 23.2 Å². The number of aryl methyl sites for hydroxylation is 2. The zero-order valence-electron chi connectivity index (χ0n) is 15.5. The van der Waals surface area contributed by atoms with Gasteiger partial charge in [0.2, 0.25) is 0 Å². The molecule has 0 radical (unpaired) electrons. The van der Waals surface area contributed by atoms with Gasteiger partial charge in [0.25, 0.3) is 5.91 Å². The van der Waals surface area contributed by atoms with Crippen LogP contribution in [-0.2, 0) is 4.79 Å². The molecule has 5 nitrogen and oxygen atoms in total. The number of para-hydroxylation sites is 1. The predicted octanol–water partition coefficient (Wildman–Crippen LogP) is 3.00. The van der Waals surface area contributed by atoms with Gasteiger partial charge >= 0.3 is 0 Å². The molecule has 2 rings (SSSR count). The minimum Gasteiger partial charge on any atom is -0.483 e. The summed E-state index contributed by atoms with van der Waals surface area (Å²) in [5.41, 5.74) is 7.39. The second kappa shape index (κ2) is 9.04. The highest BCUT2D eigenvalue weighted by Crippen LogP contribution is 2.29. The van der Waals surface area contributed by atoms with Crippen LogP contribution in [0, 0.1) is 25.7 Å². The number of carbonyl (C=O) groups is 1. The van der Waals surface area contributed by atoms with Crippen LogP contribution in [0.15, 0.2) is 18.2 Å². The van der Waals surface area contributed by atoms with Gasteiger partial charge in [-0.3, -0.25) is 15.6 Å². The average molecular weight is 364 g/mol. The van der Waals surface area contributed by atoms with Crippen molar-refractivity contribution in [2.24, 2.45) is 11.8 Å². The SMILES string of the molecule is Cc1cccc(C)c1OCC(=O)NNC(=S)N[C@H]1CCC[C@H](C)[C@@H]1C. The van der Waals surface area contributed by atoms with Crippen LogP contribution < -0.4 is 20.9 Å². The number of benzene rings is 1. The van der Waals surface area contributed by atoms with Crippen LogP contribution in [0.5, 0.6) is 5.75 Å². The van der Waals surface area contributed by atoms with E-state index in [0.29, 0.717) is 23.0 Å². The lowest BCUT2D eigenvalue weighted by molar-refractivity contribution is -0.123. The van der Waals surface area contributed by atoms with Crippen LogP contribution in [-0.4, -0.2) is 23.7 Å². The molecule has 138 valence electrons. The number of hydrogen-bond donors (Lipinski definition) is 3. The molecule has 1 aromatic carbocycles. The summed E-state index contributed by atoms with van der Waals surface area (Å²) >= 11 is 5.29. The smallest absolute Gasteiger partial charge is 0.276 e. The molecule has 1 aliphatic rings. The van der Waals surface area contributed by atoms with Gasteiger partial charge in [0.1, 0.15) is 5.75 Å². The predicted molar refractivity (Wildman–Crippen MR) is 104 cm³/mol. The number of hydrazine groups is 1. The summed E-state index contributed by atoms with van der Waals surface area (Å²) in [6.07, 6.45) is 3.59. The van der Waals surface area contributed by atoms with E-state index in [4.69, 9.17) is 17.0 Å². The van der Waals surface area contributed by atoms with Gasteiger partial charge in [-0.05, 0) is 55.4 Å². The number of thiocarbonyl (C=S) groups is 1. The minimum atomic E-state index is -0.267. The first-order valence-corrected chi connectivity index (χ1v) is 9.33. The third kappa shape index (κ3) is 5.59. The lowest BCUT2D eigenvalue weighted by Gasteiger charge is -2.35. The van der Waals surface area contributed by atoms with E-state index in [2.05, 4.69) is 30.0 Å². The Kier molecular flexibility index (Phi) is 7.05. The minimum absolute atomic E-state index is 0.0574. The van der Waals surface area contributed by atoms with Crippen LogP contribution in [0.4, 0.5) is 0 Å². The van der Waals surface area contributed by atoms with Gasteiger partial charge in [-0.15, -0.1) is 0 Å². The van der Waals surface area contributed by atoms with Gasteiger partial charge in [0, 0.05) is 6.04 Å². The molecule has 3 N–H and O–H groups in total. The summed E-state index contributed by atoms with van der Waals surface area (Å²) in [6.45, 7) is 8.40. The Balaban J connectivity index is 1.73. The van der Waals surface area contributed by atoms with Crippen LogP contribution in [0.1, 0.15) is 44.2 Å². The van der Waals surface area contributed by atoms with Crippen molar-refractivity contribution in [2.45, 2.75) is 53.0 Å². The number of nitrogens with one attached hydrogen (secondary N) is 3. The van der Waals surface area contributed by atoms with Gasteiger partial charge in [0.05, 0.1) is 0 Å². The Morgan fingerprint density at radius 2 is 1.88 bits per heavy atom. The number of ether oxygens (including phenoxy) is 1. The van der Waals surface area contributed by atoms with Crippen molar-refractivity contribution in [1.82, 2.24) is 16.2 Å². The molecule has 0 saturated heterocycles. The van der Waals surface area contributed by atoms with E-state index < -0.39 is 0 Å². The summed E-state index contributed by atoms with van der Waals surface area (Å²) in [5.74, 6) is 1.74. The lowest BCUT2D eigenvalue weighted by Crippen LogP contribution is -2.53. The second-order valence-corrected chi connectivity index (χ2v) is 7.44. The van der Waals surface area contributed by atoms with E-state index in [9.17, 15) is 4.79 Å². The molecule has 6 heteroatoms. The van der Waals surface area contributed by atoms with Gasteiger partial charge in [-0.25, -0.2) is 0 Å². The van der Waals surface area contributed by atoms with Gasteiger partial charge in [0.15, 0.2) is 11.7 Å². The molecule has 1 saturated carbocycles. The molecule has 1 aliphatic carbocycles. The van der Waals surface area contributed by atoms with Crippen LogP contribution in [0.2, 0.25) is 0 Å². The van der Waals surface area contributed by atoms with Crippen molar-refractivity contribution in [2.75, 3.05) is 6.61 Å². The fourth-order valence-corrected chi connectivity index (χ4v) is 3.52. The molecular weight excluding hydrogens is 334 g/mol. The van der Waals surface area contributed by atoms with E-state index in [1.165, 1.54) is 12.8 Å². The molecule has 0 aliphatic heterocycles. The van der Waals surface area contributed by atoms with Crippen LogP contribution >= 0.6 is 12.2 Å². The zero-order chi connectivity index (χ0) is 18.4. The van der Waals surface area contributed by atoms with Crippen molar-refractivity contribution in [3.05, 3.63) is 29.3 Å². The maximum atomic E-state index is 12.0. The highest BCUT2D eigenvalue weighted by Gasteiger charge is 2.27. The summed E-state index contributed by atoms with van der Waals surface area (Å²) < 4.78 is 5.63. The third-order valence-corrected chi connectivity index (χ3v) is 5.32. The molecule has 0 unspecified atom stereocenters. The van der Waals surface area contributed by atoms with E-state index in [0.717, 1.165) is 23.3 Å². The van der Waals surface area contributed by atoms with Crippen LogP contribution in [0.3, 0.4) is 0 Å². The number of hydrogen-bond acceptors (Lipinski definition) is 3. The molecule has 0 heterocycles. The second-order valence-electron chi connectivity index (χ2n) is 7.03. The molecular formula is C19H29N3O2S. The van der Waals surface area contributed by atoms with Crippen molar-refractivity contribution < 1.29 is 9.53 Å². The Labute approximate surface area is 155 Å². The zero-order valence-corrected chi connectivity index (χ0v) is 16.3. The number of amides is 1. The molecule has 0 aromatic heterocycles. The Morgan fingerprint density at radius 3 is 2.56 bits per heavy atom. The van der Waals surface area contributed by atoms with Crippen molar-refractivity contribution in [3.63, 3.8) is 0 Å². The summed E-state index contributed by atoms with van der Waals surface area (Å²) in [5, 5.41) is 3.76. The maximum absolute atomic E-state index is 12.0. The molecule has 0 spiro atoms. The van der Waals surface area contributed by atoms with E-state index in [1.54, 1.807) is 0 Å². The van der Waals surface area contributed by atoms with E-state index in [1.807, 2.05) is 32.0 Å². The van der Waals surface area contributed by atoms with E-state index >= 15 is 0 Å². The van der Waals surface area contributed by atoms with E-state index in [-0.39, 0.29) is 12.5 Å².